The van der Waals surface area contributed by atoms with E-state index >= 15 is 0 Å². The molecule has 0 aromatic heterocycles. The summed E-state index contributed by atoms with van der Waals surface area (Å²) >= 11 is 0. The van der Waals surface area contributed by atoms with E-state index in [1.54, 1.807) is 31.4 Å². The van der Waals surface area contributed by atoms with Gasteiger partial charge < -0.3 is 19.5 Å². The summed E-state index contributed by atoms with van der Waals surface area (Å²) < 4.78 is 28.5. The number of ether oxygens (including phenoxy) is 3. The molecule has 0 bridgehead atoms. The van der Waals surface area contributed by atoms with Gasteiger partial charge in [0.15, 0.2) is 6.61 Å². The van der Waals surface area contributed by atoms with Gasteiger partial charge in [0.25, 0.3) is 5.91 Å². The van der Waals surface area contributed by atoms with Crippen molar-refractivity contribution in [2.24, 2.45) is 0 Å². The van der Waals surface area contributed by atoms with Gasteiger partial charge in [0, 0.05) is 0 Å². The molecule has 0 aliphatic carbocycles. The van der Waals surface area contributed by atoms with Crippen molar-refractivity contribution in [2.75, 3.05) is 26.9 Å². The molecular formula is C17H18FNO4. The van der Waals surface area contributed by atoms with Crippen LogP contribution in [0, 0.1) is 5.82 Å². The number of carbonyl (C=O) groups is 1. The maximum absolute atomic E-state index is 12.7. The second-order valence-electron chi connectivity index (χ2n) is 4.62. The van der Waals surface area contributed by atoms with Gasteiger partial charge in [-0.05, 0) is 48.5 Å². The Hall–Kier alpha value is -2.76. The van der Waals surface area contributed by atoms with E-state index in [9.17, 15) is 9.18 Å². The lowest BCUT2D eigenvalue weighted by atomic mass is 10.3. The van der Waals surface area contributed by atoms with Crippen LogP contribution in [-0.4, -0.2) is 32.8 Å². The van der Waals surface area contributed by atoms with Gasteiger partial charge in [0.2, 0.25) is 0 Å². The fourth-order valence-electron chi connectivity index (χ4n) is 1.76. The number of benzene rings is 2. The first kappa shape index (κ1) is 16.6. The Kier molecular flexibility index (Phi) is 6.23. The minimum absolute atomic E-state index is 0.131. The van der Waals surface area contributed by atoms with E-state index in [-0.39, 0.29) is 18.3 Å². The summed E-state index contributed by atoms with van der Waals surface area (Å²) in [4.78, 5) is 11.6. The molecule has 0 atom stereocenters. The molecule has 2 rings (SSSR count). The zero-order valence-corrected chi connectivity index (χ0v) is 12.8. The largest absolute Gasteiger partial charge is 0.497 e. The van der Waals surface area contributed by atoms with Gasteiger partial charge >= 0.3 is 0 Å². The summed E-state index contributed by atoms with van der Waals surface area (Å²) in [5, 5.41) is 2.67. The molecule has 23 heavy (non-hydrogen) atoms. The maximum Gasteiger partial charge on any atom is 0.258 e. The van der Waals surface area contributed by atoms with Crippen LogP contribution in [0.5, 0.6) is 17.2 Å². The molecule has 0 saturated heterocycles. The molecular weight excluding hydrogens is 301 g/mol. The highest BCUT2D eigenvalue weighted by atomic mass is 19.1. The van der Waals surface area contributed by atoms with Crippen LogP contribution in [0.15, 0.2) is 48.5 Å². The van der Waals surface area contributed by atoms with E-state index in [1.165, 1.54) is 24.3 Å². The summed E-state index contributed by atoms with van der Waals surface area (Å²) in [6.07, 6.45) is 0. The number of rotatable bonds is 8. The second-order valence-corrected chi connectivity index (χ2v) is 4.62. The number of hydrogen-bond acceptors (Lipinski definition) is 4. The van der Waals surface area contributed by atoms with E-state index in [4.69, 9.17) is 14.2 Å². The predicted molar refractivity (Wildman–Crippen MR) is 83.4 cm³/mol. The number of hydrogen-bond donors (Lipinski definition) is 1. The fourth-order valence-corrected chi connectivity index (χ4v) is 1.76. The predicted octanol–water partition coefficient (Wildman–Crippen LogP) is 2.41. The van der Waals surface area contributed by atoms with Gasteiger partial charge in [0.1, 0.15) is 29.7 Å². The molecule has 0 aliphatic rings. The molecule has 0 spiro atoms. The minimum Gasteiger partial charge on any atom is -0.497 e. The van der Waals surface area contributed by atoms with E-state index < -0.39 is 0 Å². The van der Waals surface area contributed by atoms with Crippen LogP contribution in [0.3, 0.4) is 0 Å². The fraction of sp³-hybridized carbons (Fsp3) is 0.235. The van der Waals surface area contributed by atoms with Crippen molar-refractivity contribution in [3.8, 4) is 17.2 Å². The summed E-state index contributed by atoms with van der Waals surface area (Å²) in [5.41, 5.74) is 0. The lowest BCUT2D eigenvalue weighted by Crippen LogP contribution is -2.32. The van der Waals surface area contributed by atoms with E-state index in [2.05, 4.69) is 5.32 Å². The van der Waals surface area contributed by atoms with Crippen molar-refractivity contribution in [1.29, 1.82) is 0 Å². The van der Waals surface area contributed by atoms with Crippen molar-refractivity contribution in [3.63, 3.8) is 0 Å². The Morgan fingerprint density at radius 1 is 0.957 bits per heavy atom. The quantitative estimate of drug-likeness (QED) is 0.759. The van der Waals surface area contributed by atoms with Crippen LogP contribution in [0.4, 0.5) is 4.39 Å². The molecule has 0 fully saturated rings. The molecule has 2 aromatic carbocycles. The smallest absolute Gasteiger partial charge is 0.258 e. The molecule has 0 saturated carbocycles. The number of carbonyl (C=O) groups excluding carboxylic acids is 1. The highest BCUT2D eigenvalue weighted by Gasteiger charge is 2.03. The van der Waals surface area contributed by atoms with Gasteiger partial charge in [0.05, 0.1) is 13.7 Å². The van der Waals surface area contributed by atoms with E-state index in [0.717, 1.165) is 5.75 Å². The van der Waals surface area contributed by atoms with Crippen molar-refractivity contribution < 1.29 is 23.4 Å². The summed E-state index contributed by atoms with van der Waals surface area (Å²) in [6, 6.07) is 12.7. The topological polar surface area (TPSA) is 56.8 Å². The third-order valence-electron chi connectivity index (χ3n) is 2.94. The van der Waals surface area contributed by atoms with Crippen molar-refractivity contribution in [1.82, 2.24) is 5.32 Å². The van der Waals surface area contributed by atoms with Crippen molar-refractivity contribution in [3.05, 3.63) is 54.3 Å². The Morgan fingerprint density at radius 3 is 2.17 bits per heavy atom. The second kappa shape index (κ2) is 8.63. The molecule has 1 amide bonds. The normalized spacial score (nSPS) is 10.0. The molecule has 1 N–H and O–H groups in total. The minimum atomic E-state index is -0.350. The van der Waals surface area contributed by atoms with Gasteiger partial charge in [-0.25, -0.2) is 4.39 Å². The van der Waals surface area contributed by atoms with E-state index in [0.29, 0.717) is 24.7 Å². The number of amides is 1. The third kappa shape index (κ3) is 5.86. The van der Waals surface area contributed by atoms with Crippen LogP contribution < -0.4 is 19.5 Å². The van der Waals surface area contributed by atoms with Crippen LogP contribution in [0.1, 0.15) is 0 Å². The van der Waals surface area contributed by atoms with Gasteiger partial charge in [-0.2, -0.15) is 0 Å². The summed E-state index contributed by atoms with van der Waals surface area (Å²) in [6.45, 7) is 0.570. The molecule has 0 heterocycles. The average molecular weight is 319 g/mol. The Morgan fingerprint density at radius 2 is 1.52 bits per heavy atom. The maximum atomic E-state index is 12.7. The number of methoxy groups -OCH3 is 1. The van der Waals surface area contributed by atoms with Gasteiger partial charge in [-0.15, -0.1) is 0 Å². The van der Waals surface area contributed by atoms with Gasteiger partial charge in [-0.3, -0.25) is 4.79 Å². The molecule has 2 aromatic rings. The Labute approximate surface area is 134 Å². The summed E-state index contributed by atoms with van der Waals surface area (Å²) in [7, 11) is 1.60. The van der Waals surface area contributed by atoms with Crippen LogP contribution in [0.25, 0.3) is 0 Å². The molecule has 0 aliphatic heterocycles. The zero-order chi connectivity index (χ0) is 16.5. The monoisotopic (exact) mass is 319 g/mol. The first-order valence-electron chi connectivity index (χ1n) is 7.09. The molecule has 122 valence electrons. The number of halogens is 1. The lowest BCUT2D eigenvalue weighted by Gasteiger charge is -2.09. The van der Waals surface area contributed by atoms with Gasteiger partial charge in [-0.1, -0.05) is 0 Å². The van der Waals surface area contributed by atoms with Crippen molar-refractivity contribution in [2.45, 2.75) is 0 Å². The van der Waals surface area contributed by atoms with Crippen LogP contribution >= 0.6 is 0 Å². The molecule has 0 radical (unpaired) electrons. The molecule has 0 unspecified atom stereocenters. The molecule has 6 heteroatoms. The van der Waals surface area contributed by atoms with Crippen LogP contribution in [-0.2, 0) is 4.79 Å². The highest BCUT2D eigenvalue weighted by Crippen LogP contribution is 2.16. The summed E-state index contributed by atoms with van der Waals surface area (Å²) in [5.74, 6) is 1.27. The van der Waals surface area contributed by atoms with Crippen LogP contribution in [0.2, 0.25) is 0 Å². The number of nitrogens with one attached hydrogen (secondary N) is 1. The first-order valence-corrected chi connectivity index (χ1v) is 7.09. The highest BCUT2D eigenvalue weighted by molar-refractivity contribution is 5.77. The Bertz CT molecular complexity index is 613. The van der Waals surface area contributed by atoms with Crippen molar-refractivity contribution >= 4 is 5.91 Å². The zero-order valence-electron chi connectivity index (χ0n) is 12.8. The SMILES string of the molecule is COc1ccc(OCCNC(=O)COc2ccc(F)cc2)cc1. The molecule has 5 nitrogen and oxygen atoms in total. The lowest BCUT2D eigenvalue weighted by molar-refractivity contribution is -0.123. The first-order chi connectivity index (χ1) is 11.2. The Balaban J connectivity index is 1.61. The average Bonchev–Trinajstić information content (AvgIpc) is 2.59. The van der Waals surface area contributed by atoms with E-state index in [1.807, 2.05) is 0 Å². The third-order valence-corrected chi connectivity index (χ3v) is 2.94. The standard InChI is InChI=1S/C17H18FNO4/c1-21-14-6-8-15(9-7-14)22-11-10-19-17(20)12-23-16-4-2-13(18)3-5-16/h2-9H,10-12H2,1H3,(H,19,20).